The Morgan fingerprint density at radius 3 is 2.63 bits per heavy atom. The van der Waals surface area contributed by atoms with Crippen molar-refractivity contribution in [1.29, 1.82) is 0 Å². The highest BCUT2D eigenvalue weighted by Gasteiger charge is 2.19. The lowest BCUT2D eigenvalue weighted by molar-refractivity contribution is 0.172. The van der Waals surface area contributed by atoms with E-state index in [-0.39, 0.29) is 17.9 Å². The summed E-state index contributed by atoms with van der Waals surface area (Å²) in [6.45, 7) is 1.91. The average molecular weight is 306 g/mol. The zero-order valence-corrected chi connectivity index (χ0v) is 13.0. The van der Waals surface area contributed by atoms with Gasteiger partial charge in [0.2, 0.25) is 0 Å². The van der Waals surface area contributed by atoms with Crippen LogP contribution in [0.4, 0.5) is 0 Å². The molecule has 1 aromatic carbocycles. The standard InChI is InChI=1S/C13H20ClNO3S/c1-10(13(15-2)7-8-19(3,16)17)18-12-6-4-5-11(14)9-12/h4-6,9-10,13,15H,7-8H2,1-3H3. The van der Waals surface area contributed by atoms with Crippen molar-refractivity contribution < 1.29 is 13.2 Å². The predicted octanol–water partition coefficient (Wildman–Crippen LogP) is 2.13. The predicted molar refractivity (Wildman–Crippen MR) is 78.7 cm³/mol. The number of hydrogen-bond donors (Lipinski definition) is 1. The third-order valence-electron chi connectivity index (χ3n) is 2.86. The molecule has 0 saturated heterocycles. The van der Waals surface area contributed by atoms with Crippen LogP contribution in [0.1, 0.15) is 13.3 Å². The lowest BCUT2D eigenvalue weighted by Crippen LogP contribution is -2.40. The van der Waals surface area contributed by atoms with Crippen LogP contribution in [0, 0.1) is 0 Å². The number of halogens is 1. The van der Waals surface area contributed by atoms with E-state index in [0.717, 1.165) is 0 Å². The summed E-state index contributed by atoms with van der Waals surface area (Å²) in [5.41, 5.74) is 0. The molecule has 1 aromatic rings. The summed E-state index contributed by atoms with van der Waals surface area (Å²) in [5.74, 6) is 0.821. The highest BCUT2D eigenvalue weighted by atomic mass is 35.5. The maximum Gasteiger partial charge on any atom is 0.147 e. The van der Waals surface area contributed by atoms with Crippen LogP contribution in [0.3, 0.4) is 0 Å². The molecule has 0 aliphatic heterocycles. The van der Waals surface area contributed by atoms with Gasteiger partial charge in [0, 0.05) is 17.3 Å². The van der Waals surface area contributed by atoms with Crippen molar-refractivity contribution in [2.45, 2.75) is 25.5 Å². The monoisotopic (exact) mass is 305 g/mol. The van der Waals surface area contributed by atoms with Gasteiger partial charge in [-0.05, 0) is 38.6 Å². The summed E-state index contributed by atoms with van der Waals surface area (Å²) >= 11 is 5.89. The lowest BCUT2D eigenvalue weighted by Gasteiger charge is -2.24. The second-order valence-corrected chi connectivity index (χ2v) is 7.29. The van der Waals surface area contributed by atoms with Gasteiger partial charge >= 0.3 is 0 Å². The van der Waals surface area contributed by atoms with Crippen LogP contribution in [-0.4, -0.2) is 39.6 Å². The zero-order valence-electron chi connectivity index (χ0n) is 11.4. The number of sulfone groups is 1. The molecule has 0 aliphatic carbocycles. The molecule has 0 amide bonds. The van der Waals surface area contributed by atoms with Gasteiger partial charge in [0.1, 0.15) is 21.7 Å². The molecule has 1 N–H and O–H groups in total. The molecule has 6 heteroatoms. The first kappa shape index (κ1) is 16.3. The molecule has 2 atom stereocenters. The van der Waals surface area contributed by atoms with E-state index >= 15 is 0 Å². The van der Waals surface area contributed by atoms with Gasteiger partial charge in [-0.25, -0.2) is 8.42 Å². The van der Waals surface area contributed by atoms with Crippen LogP contribution < -0.4 is 10.1 Å². The second-order valence-electron chi connectivity index (χ2n) is 4.59. The summed E-state index contributed by atoms with van der Waals surface area (Å²) in [4.78, 5) is 0. The van der Waals surface area contributed by atoms with E-state index in [2.05, 4.69) is 5.32 Å². The fourth-order valence-electron chi connectivity index (χ4n) is 1.79. The van der Waals surface area contributed by atoms with Crippen LogP contribution in [0.15, 0.2) is 24.3 Å². The average Bonchev–Trinajstić information content (AvgIpc) is 2.28. The molecular weight excluding hydrogens is 286 g/mol. The Hall–Kier alpha value is -0.780. The summed E-state index contributed by atoms with van der Waals surface area (Å²) in [7, 11) is -1.16. The largest absolute Gasteiger partial charge is 0.489 e. The molecule has 0 bridgehead atoms. The Bertz CT molecular complexity index is 504. The third-order valence-corrected chi connectivity index (χ3v) is 4.07. The number of ether oxygens (including phenoxy) is 1. The molecule has 2 unspecified atom stereocenters. The molecule has 19 heavy (non-hydrogen) atoms. The SMILES string of the molecule is CNC(CCS(C)(=O)=O)C(C)Oc1cccc(Cl)c1. The van der Waals surface area contributed by atoms with E-state index in [1.807, 2.05) is 19.1 Å². The van der Waals surface area contributed by atoms with Crippen LogP contribution in [0.2, 0.25) is 5.02 Å². The minimum absolute atomic E-state index is 0.0336. The van der Waals surface area contributed by atoms with E-state index in [0.29, 0.717) is 17.2 Å². The number of hydrogen-bond acceptors (Lipinski definition) is 4. The van der Waals surface area contributed by atoms with Gasteiger partial charge in [-0.3, -0.25) is 0 Å². The third kappa shape index (κ3) is 6.27. The van der Waals surface area contributed by atoms with Crippen molar-refractivity contribution in [2.75, 3.05) is 19.1 Å². The number of benzene rings is 1. The van der Waals surface area contributed by atoms with Crippen molar-refractivity contribution in [3.8, 4) is 5.75 Å². The molecule has 108 valence electrons. The molecule has 0 saturated carbocycles. The zero-order chi connectivity index (χ0) is 14.5. The van der Waals surface area contributed by atoms with E-state index in [9.17, 15) is 8.42 Å². The highest BCUT2D eigenvalue weighted by Crippen LogP contribution is 2.19. The first-order valence-corrected chi connectivity index (χ1v) is 8.53. The molecular formula is C13H20ClNO3S. The van der Waals surface area contributed by atoms with E-state index in [4.69, 9.17) is 16.3 Å². The molecule has 0 heterocycles. The van der Waals surface area contributed by atoms with Crippen LogP contribution in [0.25, 0.3) is 0 Å². The fourth-order valence-corrected chi connectivity index (χ4v) is 2.65. The maximum atomic E-state index is 11.2. The summed E-state index contributed by atoms with van der Waals surface area (Å²) in [6.07, 6.45) is 1.60. The van der Waals surface area contributed by atoms with Crippen molar-refractivity contribution in [2.24, 2.45) is 0 Å². The number of likely N-dealkylation sites (N-methyl/N-ethyl adjacent to an activating group) is 1. The highest BCUT2D eigenvalue weighted by molar-refractivity contribution is 7.90. The van der Waals surface area contributed by atoms with E-state index < -0.39 is 9.84 Å². The van der Waals surface area contributed by atoms with Gasteiger partial charge in [0.05, 0.1) is 5.75 Å². The maximum absolute atomic E-state index is 11.2. The van der Waals surface area contributed by atoms with Gasteiger partial charge in [0.15, 0.2) is 0 Å². The van der Waals surface area contributed by atoms with Gasteiger partial charge in [0.25, 0.3) is 0 Å². The van der Waals surface area contributed by atoms with Gasteiger partial charge in [-0.15, -0.1) is 0 Å². The Kier molecular flexibility index (Phi) is 6.10. The Balaban J connectivity index is 2.61. The Morgan fingerprint density at radius 2 is 2.11 bits per heavy atom. The minimum Gasteiger partial charge on any atom is -0.489 e. The van der Waals surface area contributed by atoms with Crippen LogP contribution >= 0.6 is 11.6 Å². The molecule has 0 spiro atoms. The second kappa shape index (κ2) is 7.12. The van der Waals surface area contributed by atoms with Gasteiger partial charge in [-0.1, -0.05) is 17.7 Å². The lowest BCUT2D eigenvalue weighted by atomic mass is 10.1. The van der Waals surface area contributed by atoms with Gasteiger partial charge < -0.3 is 10.1 Å². The summed E-state index contributed by atoms with van der Waals surface area (Å²) in [6, 6.07) is 7.12. The molecule has 0 aromatic heterocycles. The minimum atomic E-state index is -2.96. The van der Waals surface area contributed by atoms with Crippen molar-refractivity contribution in [3.05, 3.63) is 29.3 Å². The summed E-state index contributed by atoms with van der Waals surface area (Å²) < 4.78 is 28.2. The van der Waals surface area contributed by atoms with Crippen LogP contribution in [-0.2, 0) is 9.84 Å². The topological polar surface area (TPSA) is 55.4 Å². The Labute approximate surface area is 120 Å². The van der Waals surface area contributed by atoms with Crippen molar-refractivity contribution in [1.82, 2.24) is 5.32 Å². The smallest absolute Gasteiger partial charge is 0.147 e. The summed E-state index contributed by atoms with van der Waals surface area (Å²) in [5, 5.41) is 3.70. The first-order valence-electron chi connectivity index (χ1n) is 6.09. The van der Waals surface area contributed by atoms with Crippen LogP contribution in [0.5, 0.6) is 5.75 Å². The molecule has 4 nitrogen and oxygen atoms in total. The number of nitrogens with one attached hydrogen (secondary N) is 1. The van der Waals surface area contributed by atoms with Gasteiger partial charge in [-0.2, -0.15) is 0 Å². The molecule has 0 aliphatic rings. The molecule has 0 fully saturated rings. The molecule has 1 rings (SSSR count). The Morgan fingerprint density at radius 1 is 1.42 bits per heavy atom. The van der Waals surface area contributed by atoms with E-state index in [1.54, 1.807) is 19.2 Å². The normalized spacial score (nSPS) is 14.9. The molecule has 0 radical (unpaired) electrons. The van der Waals surface area contributed by atoms with Crippen molar-refractivity contribution in [3.63, 3.8) is 0 Å². The quantitative estimate of drug-likeness (QED) is 0.838. The van der Waals surface area contributed by atoms with Crippen molar-refractivity contribution >= 4 is 21.4 Å². The first-order chi connectivity index (χ1) is 8.81. The number of rotatable bonds is 7. The van der Waals surface area contributed by atoms with E-state index in [1.165, 1.54) is 6.26 Å². The fraction of sp³-hybridized carbons (Fsp3) is 0.538.